The number of benzene rings is 1. The van der Waals surface area contributed by atoms with Crippen LogP contribution in [0.1, 0.15) is 28.4 Å². The molecule has 0 radical (unpaired) electrons. The van der Waals surface area contributed by atoms with E-state index in [1.54, 1.807) is 18.2 Å². The van der Waals surface area contributed by atoms with Crippen molar-refractivity contribution in [3.8, 4) is 11.8 Å². The van der Waals surface area contributed by atoms with E-state index in [9.17, 15) is 22.9 Å². The van der Waals surface area contributed by atoms with Crippen LogP contribution in [0, 0.1) is 17.1 Å². The summed E-state index contributed by atoms with van der Waals surface area (Å²) in [5.74, 6) is -0.892. The van der Waals surface area contributed by atoms with Gasteiger partial charge in [0.15, 0.2) is 14.9 Å². The lowest BCUT2D eigenvalue weighted by atomic mass is 10.0. The third kappa shape index (κ3) is 4.56. The Bertz CT molecular complexity index is 1490. The number of pyridine rings is 2. The summed E-state index contributed by atoms with van der Waals surface area (Å²) in [7, 11) is -3.56. The van der Waals surface area contributed by atoms with Crippen LogP contribution in [0.4, 0.5) is 4.39 Å². The van der Waals surface area contributed by atoms with E-state index >= 15 is 0 Å². The summed E-state index contributed by atoms with van der Waals surface area (Å²) in [6, 6.07) is 9.83. The number of sulfone groups is 1. The molecule has 0 unspecified atom stereocenters. The molecule has 1 amide bonds. The van der Waals surface area contributed by atoms with Crippen LogP contribution in [0.25, 0.3) is 16.6 Å². The summed E-state index contributed by atoms with van der Waals surface area (Å²) in [5, 5.41) is 16.7. The molecule has 0 saturated heterocycles. The number of nitrogens with zero attached hydrogens (tertiary/aromatic N) is 5. The first-order valence-electron chi connectivity index (χ1n) is 9.69. The van der Waals surface area contributed by atoms with Crippen LogP contribution in [-0.4, -0.2) is 40.3 Å². The fraction of sp³-hybridized carbons (Fsp3) is 0.136. The third-order valence-electron chi connectivity index (χ3n) is 4.95. The van der Waals surface area contributed by atoms with E-state index in [4.69, 9.17) is 0 Å². The van der Waals surface area contributed by atoms with Gasteiger partial charge in [0.1, 0.15) is 5.82 Å². The highest BCUT2D eigenvalue weighted by Crippen LogP contribution is 2.23. The molecule has 33 heavy (non-hydrogen) atoms. The predicted molar refractivity (Wildman–Crippen MR) is 117 cm³/mol. The number of nitriles is 1. The number of hydrogen-bond donors (Lipinski definition) is 1. The molecule has 1 aromatic carbocycles. The minimum absolute atomic E-state index is 0.0861. The second-order valence-electron chi connectivity index (χ2n) is 7.24. The lowest BCUT2D eigenvalue weighted by molar-refractivity contribution is 0.0938. The van der Waals surface area contributed by atoms with E-state index in [1.165, 1.54) is 47.7 Å². The Morgan fingerprint density at radius 1 is 1.21 bits per heavy atom. The van der Waals surface area contributed by atoms with Gasteiger partial charge in [0, 0.05) is 24.0 Å². The Balaban J connectivity index is 1.68. The van der Waals surface area contributed by atoms with Crippen molar-refractivity contribution in [3.63, 3.8) is 0 Å². The first-order valence-corrected chi connectivity index (χ1v) is 11.6. The zero-order chi connectivity index (χ0) is 23.6. The topological polar surface area (TPSA) is 131 Å². The van der Waals surface area contributed by atoms with Gasteiger partial charge in [-0.05, 0) is 42.0 Å². The van der Waals surface area contributed by atoms with Crippen molar-refractivity contribution in [2.24, 2.45) is 0 Å². The van der Waals surface area contributed by atoms with Gasteiger partial charge in [0.25, 0.3) is 5.91 Å². The summed E-state index contributed by atoms with van der Waals surface area (Å²) in [6.07, 6.45) is 6.68. The van der Waals surface area contributed by atoms with Gasteiger partial charge in [-0.25, -0.2) is 22.5 Å². The molecule has 0 aliphatic rings. The molecule has 1 N–H and O–H groups in total. The summed E-state index contributed by atoms with van der Waals surface area (Å²) in [5.41, 5.74) is 1.79. The van der Waals surface area contributed by atoms with Gasteiger partial charge in [0.2, 0.25) is 0 Å². The highest BCUT2D eigenvalue weighted by molar-refractivity contribution is 7.90. The molecule has 4 rings (SSSR count). The van der Waals surface area contributed by atoms with E-state index < -0.39 is 21.8 Å². The van der Waals surface area contributed by atoms with Crippen LogP contribution in [0.3, 0.4) is 0 Å². The van der Waals surface area contributed by atoms with E-state index in [2.05, 4.69) is 20.4 Å². The lowest BCUT2D eigenvalue weighted by Crippen LogP contribution is -2.28. The van der Waals surface area contributed by atoms with Gasteiger partial charge >= 0.3 is 0 Å². The second kappa shape index (κ2) is 8.76. The van der Waals surface area contributed by atoms with Gasteiger partial charge < -0.3 is 5.32 Å². The fourth-order valence-electron chi connectivity index (χ4n) is 3.33. The summed E-state index contributed by atoms with van der Waals surface area (Å²) < 4.78 is 38.5. The summed E-state index contributed by atoms with van der Waals surface area (Å²) in [4.78, 5) is 21.1. The number of fused-ring (bicyclic) bond motifs is 1. The number of carbonyl (C=O) groups is 1. The molecule has 4 aromatic rings. The van der Waals surface area contributed by atoms with Crippen LogP contribution in [0.5, 0.6) is 0 Å². The number of hydrogen-bond acceptors (Lipinski definition) is 7. The lowest BCUT2D eigenvalue weighted by Gasteiger charge is -2.17. The van der Waals surface area contributed by atoms with Gasteiger partial charge in [-0.15, -0.1) is 0 Å². The van der Waals surface area contributed by atoms with E-state index in [-0.39, 0.29) is 22.8 Å². The first-order chi connectivity index (χ1) is 15.8. The predicted octanol–water partition coefficient (Wildman–Crippen LogP) is 2.74. The van der Waals surface area contributed by atoms with Crippen LogP contribution in [-0.2, 0) is 9.84 Å². The molecular weight excluding hydrogens is 447 g/mol. The average molecular weight is 464 g/mol. The van der Waals surface area contributed by atoms with Crippen LogP contribution < -0.4 is 5.32 Å². The van der Waals surface area contributed by atoms with Crippen molar-refractivity contribution in [2.75, 3.05) is 6.26 Å². The molecule has 0 aliphatic carbocycles. The maximum atomic E-state index is 13.3. The largest absolute Gasteiger partial charge is 0.344 e. The standard InChI is InChI=1S/C22H17FN6O3S/c1-33(31,32)21-10-14(7-9-26-21)19(6-8-24)28-22(30)18-11-25-13-20-17(18)12-27-29(20)16-4-2-15(23)3-5-16/h2-5,7,9-13,19H,6H2,1H3,(H,28,30)/t19-/m0/s1. The second-order valence-corrected chi connectivity index (χ2v) is 9.20. The first kappa shape index (κ1) is 22.0. The number of rotatable bonds is 6. The van der Waals surface area contributed by atoms with Gasteiger partial charge in [0.05, 0.1) is 47.7 Å². The molecule has 0 aliphatic heterocycles. The SMILES string of the molecule is CS(=O)(=O)c1cc([C@H](CC#N)NC(=O)c2cncc3c2cnn3-c2ccc(F)cc2)ccn1. The third-order valence-corrected chi connectivity index (χ3v) is 5.94. The molecule has 166 valence electrons. The van der Waals surface area contributed by atoms with Crippen molar-refractivity contribution in [1.29, 1.82) is 5.26 Å². The number of carbonyl (C=O) groups excluding carboxylic acids is 1. The normalized spacial score (nSPS) is 12.3. The highest BCUT2D eigenvalue weighted by Gasteiger charge is 2.21. The Morgan fingerprint density at radius 3 is 2.67 bits per heavy atom. The maximum absolute atomic E-state index is 13.3. The van der Waals surface area contributed by atoms with E-state index in [1.807, 2.05) is 6.07 Å². The average Bonchev–Trinajstić information content (AvgIpc) is 3.23. The van der Waals surface area contributed by atoms with Crippen molar-refractivity contribution in [1.82, 2.24) is 25.1 Å². The minimum Gasteiger partial charge on any atom is -0.344 e. The van der Waals surface area contributed by atoms with Crippen molar-refractivity contribution < 1.29 is 17.6 Å². The van der Waals surface area contributed by atoms with Crippen LogP contribution >= 0.6 is 0 Å². The van der Waals surface area contributed by atoms with Crippen molar-refractivity contribution in [2.45, 2.75) is 17.5 Å². The monoisotopic (exact) mass is 464 g/mol. The minimum atomic E-state index is -3.56. The number of halogens is 1. The van der Waals surface area contributed by atoms with Crippen molar-refractivity contribution in [3.05, 3.63) is 78.1 Å². The number of nitrogens with one attached hydrogen (secondary N) is 1. The quantitative estimate of drug-likeness (QED) is 0.464. The molecule has 3 aromatic heterocycles. The molecule has 0 bridgehead atoms. The maximum Gasteiger partial charge on any atom is 0.254 e. The zero-order valence-electron chi connectivity index (χ0n) is 17.3. The molecule has 9 nitrogen and oxygen atoms in total. The van der Waals surface area contributed by atoms with Gasteiger partial charge in [-0.3, -0.25) is 9.78 Å². The molecule has 0 saturated carbocycles. The smallest absolute Gasteiger partial charge is 0.254 e. The molecule has 0 fully saturated rings. The number of amides is 1. The van der Waals surface area contributed by atoms with E-state index in [0.717, 1.165) is 6.26 Å². The van der Waals surface area contributed by atoms with Crippen LogP contribution in [0.15, 0.2) is 66.2 Å². The fourth-order valence-corrected chi connectivity index (χ4v) is 3.94. The van der Waals surface area contributed by atoms with Gasteiger partial charge in [-0.2, -0.15) is 10.4 Å². The molecular formula is C22H17FN6O3S. The highest BCUT2D eigenvalue weighted by atomic mass is 32.2. The van der Waals surface area contributed by atoms with Crippen LogP contribution in [0.2, 0.25) is 0 Å². The zero-order valence-corrected chi connectivity index (χ0v) is 18.1. The Morgan fingerprint density at radius 2 is 1.97 bits per heavy atom. The van der Waals surface area contributed by atoms with Crippen molar-refractivity contribution >= 4 is 26.6 Å². The Hall–Kier alpha value is -4.17. The van der Waals surface area contributed by atoms with Gasteiger partial charge in [-0.1, -0.05) is 0 Å². The van der Waals surface area contributed by atoms with E-state index in [0.29, 0.717) is 22.2 Å². The molecule has 11 heteroatoms. The summed E-state index contributed by atoms with van der Waals surface area (Å²) >= 11 is 0. The summed E-state index contributed by atoms with van der Waals surface area (Å²) in [6.45, 7) is 0. The number of aromatic nitrogens is 4. The molecule has 1 atom stereocenters. The Kier molecular flexibility index (Phi) is 5.85. The Labute approximate surface area is 188 Å². The molecule has 3 heterocycles. The molecule has 0 spiro atoms.